The molecule has 0 aliphatic carbocycles. The van der Waals surface area contributed by atoms with E-state index < -0.39 is 10.8 Å². The van der Waals surface area contributed by atoms with Crippen molar-refractivity contribution in [3.05, 3.63) is 67.0 Å². The van der Waals surface area contributed by atoms with Gasteiger partial charge in [-0.2, -0.15) is 10.2 Å². The summed E-state index contributed by atoms with van der Waals surface area (Å²) >= 11 is 18.4. The lowest BCUT2D eigenvalue weighted by molar-refractivity contribution is -0.385. The van der Waals surface area contributed by atoms with E-state index in [4.69, 9.17) is 34.8 Å². The Morgan fingerprint density at radius 1 is 1.14 bits per heavy atom. The van der Waals surface area contributed by atoms with E-state index in [1.54, 1.807) is 18.2 Å². The molecular weight excluding hydrogens is 431 g/mol. The maximum absolute atomic E-state index is 12.2. The maximum atomic E-state index is 12.2. The number of hydrogen-bond donors (Lipinski definition) is 1. The van der Waals surface area contributed by atoms with Crippen LogP contribution in [0.15, 0.2) is 30.6 Å². The van der Waals surface area contributed by atoms with E-state index >= 15 is 0 Å². The summed E-state index contributed by atoms with van der Waals surface area (Å²) in [5, 5.41) is 22.8. The molecule has 0 aliphatic rings. The van der Waals surface area contributed by atoms with Crippen molar-refractivity contribution in [2.75, 3.05) is 5.32 Å². The van der Waals surface area contributed by atoms with Crippen LogP contribution in [-0.4, -0.2) is 30.4 Å². The number of nitrogens with one attached hydrogen (secondary N) is 1. The Bertz CT molecular complexity index is 1040. The maximum Gasteiger partial charge on any atom is 0.309 e. The Labute approximate surface area is 173 Å². The minimum absolute atomic E-state index is 0.147. The van der Waals surface area contributed by atoms with Crippen molar-refractivity contribution in [3.8, 4) is 0 Å². The van der Waals surface area contributed by atoms with Crippen LogP contribution in [0.3, 0.4) is 0 Å². The number of nitrogens with zero attached hydrogens (tertiary/aromatic N) is 5. The molecule has 0 spiro atoms. The number of rotatable bonds is 6. The Kier molecular flexibility index (Phi) is 5.87. The van der Waals surface area contributed by atoms with Gasteiger partial charge in [-0.05, 0) is 19.1 Å². The summed E-state index contributed by atoms with van der Waals surface area (Å²) in [7, 11) is 0. The largest absolute Gasteiger partial charge is 0.309 e. The summed E-state index contributed by atoms with van der Waals surface area (Å²) in [5.74, 6) is -0.339. The molecule has 9 nitrogen and oxygen atoms in total. The number of benzene rings is 1. The van der Waals surface area contributed by atoms with E-state index in [1.807, 2.05) is 0 Å². The minimum Gasteiger partial charge on any atom is -0.306 e. The van der Waals surface area contributed by atoms with Gasteiger partial charge in [0.1, 0.15) is 23.5 Å². The topological polar surface area (TPSA) is 108 Å². The van der Waals surface area contributed by atoms with Gasteiger partial charge in [-0.25, -0.2) is 0 Å². The second kappa shape index (κ2) is 8.17. The Balaban J connectivity index is 1.70. The third-order valence-electron chi connectivity index (χ3n) is 3.78. The number of carbonyl (C=O) groups excluding carboxylic acids is 1. The molecule has 28 heavy (non-hydrogen) atoms. The van der Waals surface area contributed by atoms with Crippen molar-refractivity contribution in [1.29, 1.82) is 0 Å². The highest BCUT2D eigenvalue weighted by Gasteiger charge is 2.18. The summed E-state index contributed by atoms with van der Waals surface area (Å²) in [5.41, 5.74) is 0.727. The van der Waals surface area contributed by atoms with E-state index in [-0.39, 0.29) is 35.3 Å². The van der Waals surface area contributed by atoms with Crippen LogP contribution in [0.4, 0.5) is 11.5 Å². The highest BCUT2D eigenvalue weighted by atomic mass is 35.5. The van der Waals surface area contributed by atoms with Gasteiger partial charge in [-0.1, -0.05) is 40.9 Å². The quantitative estimate of drug-likeness (QED) is 0.458. The molecule has 3 aromatic rings. The molecule has 0 radical (unpaired) electrons. The van der Waals surface area contributed by atoms with E-state index in [0.717, 1.165) is 0 Å². The van der Waals surface area contributed by atoms with Crippen LogP contribution < -0.4 is 5.32 Å². The van der Waals surface area contributed by atoms with Gasteiger partial charge in [0.25, 0.3) is 0 Å². The summed E-state index contributed by atoms with van der Waals surface area (Å²) in [4.78, 5) is 22.5. The van der Waals surface area contributed by atoms with E-state index in [1.165, 1.54) is 28.7 Å². The first-order chi connectivity index (χ1) is 13.2. The number of anilines is 1. The molecule has 0 fully saturated rings. The van der Waals surface area contributed by atoms with E-state index in [2.05, 4.69) is 15.5 Å². The Morgan fingerprint density at radius 3 is 2.43 bits per heavy atom. The van der Waals surface area contributed by atoms with Crippen molar-refractivity contribution >= 4 is 52.2 Å². The van der Waals surface area contributed by atoms with Gasteiger partial charge < -0.3 is 5.32 Å². The molecule has 1 aromatic carbocycles. The molecule has 3 rings (SSSR count). The molecule has 0 unspecified atom stereocenters. The third kappa shape index (κ3) is 4.44. The molecule has 0 saturated carbocycles. The van der Waals surface area contributed by atoms with Crippen LogP contribution in [0.5, 0.6) is 0 Å². The zero-order chi connectivity index (χ0) is 20.4. The van der Waals surface area contributed by atoms with Gasteiger partial charge in [0.05, 0.1) is 11.5 Å². The molecule has 12 heteroatoms. The predicted molar refractivity (Wildman–Crippen MR) is 105 cm³/mol. The zero-order valence-electron chi connectivity index (χ0n) is 14.4. The summed E-state index contributed by atoms with van der Waals surface area (Å²) in [6.07, 6.45) is 2.72. The second-order valence-electron chi connectivity index (χ2n) is 5.83. The van der Waals surface area contributed by atoms with Crippen LogP contribution in [-0.2, 0) is 17.9 Å². The van der Waals surface area contributed by atoms with Crippen LogP contribution in [0, 0.1) is 17.0 Å². The molecular formula is C16H13Cl3N6O3. The number of aromatic nitrogens is 4. The monoisotopic (exact) mass is 442 g/mol. The van der Waals surface area contributed by atoms with Gasteiger partial charge in [0, 0.05) is 21.8 Å². The fourth-order valence-corrected chi connectivity index (χ4v) is 3.21. The lowest BCUT2D eigenvalue weighted by Gasteiger charge is -2.07. The number of amides is 1. The van der Waals surface area contributed by atoms with Crippen molar-refractivity contribution in [2.24, 2.45) is 0 Å². The van der Waals surface area contributed by atoms with Crippen molar-refractivity contribution < 1.29 is 9.72 Å². The Morgan fingerprint density at radius 2 is 1.82 bits per heavy atom. The van der Waals surface area contributed by atoms with Crippen molar-refractivity contribution in [2.45, 2.75) is 20.0 Å². The smallest absolute Gasteiger partial charge is 0.306 e. The molecule has 146 valence electrons. The normalized spacial score (nSPS) is 10.9. The first-order valence-electron chi connectivity index (χ1n) is 7.88. The fraction of sp³-hybridized carbons (Fsp3) is 0.188. The highest BCUT2D eigenvalue weighted by molar-refractivity contribution is 6.36. The van der Waals surface area contributed by atoms with Gasteiger partial charge in [-0.3, -0.25) is 24.3 Å². The Hall–Kier alpha value is -2.62. The van der Waals surface area contributed by atoms with Crippen molar-refractivity contribution in [3.63, 3.8) is 0 Å². The molecule has 0 aliphatic heterocycles. The average molecular weight is 444 g/mol. The molecule has 0 saturated heterocycles. The van der Waals surface area contributed by atoms with Crippen LogP contribution in [0.1, 0.15) is 11.3 Å². The van der Waals surface area contributed by atoms with Crippen molar-refractivity contribution in [1.82, 2.24) is 19.6 Å². The van der Waals surface area contributed by atoms with E-state index in [0.29, 0.717) is 15.6 Å². The third-order valence-corrected chi connectivity index (χ3v) is 4.76. The molecule has 1 amide bonds. The van der Waals surface area contributed by atoms with Gasteiger partial charge in [-0.15, -0.1) is 0 Å². The average Bonchev–Trinajstić information content (AvgIpc) is 3.13. The predicted octanol–water partition coefficient (Wildman–Crippen LogP) is 3.94. The lowest BCUT2D eigenvalue weighted by Crippen LogP contribution is -2.19. The van der Waals surface area contributed by atoms with Gasteiger partial charge in [0.15, 0.2) is 5.82 Å². The van der Waals surface area contributed by atoms with Crippen LogP contribution in [0.2, 0.25) is 15.1 Å². The number of aryl methyl sites for hydroxylation is 1. The number of nitro groups is 1. The number of hydrogen-bond acceptors (Lipinski definition) is 5. The summed E-state index contributed by atoms with van der Waals surface area (Å²) in [6, 6.07) is 5.15. The molecule has 0 bridgehead atoms. The number of carbonyl (C=O) groups is 1. The summed E-state index contributed by atoms with van der Waals surface area (Å²) in [6.45, 7) is 1.53. The van der Waals surface area contributed by atoms with Crippen LogP contribution >= 0.6 is 34.8 Å². The lowest BCUT2D eigenvalue weighted by atomic mass is 10.2. The second-order valence-corrected chi connectivity index (χ2v) is 7.05. The highest BCUT2D eigenvalue weighted by Crippen LogP contribution is 2.27. The van der Waals surface area contributed by atoms with Crippen LogP contribution in [0.25, 0.3) is 0 Å². The first kappa shape index (κ1) is 20.1. The molecule has 2 heterocycles. The standard InChI is InChI=1S/C16H13Cl3N6O3/c1-9-14(25(27)28)7-24(21-9)8-15(26)20-16-13(19)6-23(22-16)5-10-11(17)3-2-4-12(10)18/h2-4,6-7H,5,8H2,1H3,(H,20,22,26). The summed E-state index contributed by atoms with van der Waals surface area (Å²) < 4.78 is 2.67. The zero-order valence-corrected chi connectivity index (χ0v) is 16.7. The van der Waals surface area contributed by atoms with E-state index in [9.17, 15) is 14.9 Å². The SMILES string of the molecule is Cc1nn(CC(=O)Nc2nn(Cc3c(Cl)cccc3Cl)cc2Cl)cc1[N+](=O)[O-]. The fourth-order valence-electron chi connectivity index (χ4n) is 2.49. The molecule has 1 N–H and O–H groups in total. The molecule has 2 aromatic heterocycles. The molecule has 0 atom stereocenters. The number of halogens is 3. The van der Waals surface area contributed by atoms with Gasteiger partial charge in [0.2, 0.25) is 5.91 Å². The minimum atomic E-state index is -0.560. The van der Waals surface area contributed by atoms with Gasteiger partial charge >= 0.3 is 5.69 Å². The first-order valence-corrected chi connectivity index (χ1v) is 9.02.